The van der Waals surface area contributed by atoms with Gasteiger partial charge in [0.2, 0.25) is 0 Å². The topological polar surface area (TPSA) is 67.0 Å². The first-order valence-electron chi connectivity index (χ1n) is 5.62. The largest absolute Gasteiger partial charge is 0.496 e. The van der Waals surface area contributed by atoms with Crippen molar-refractivity contribution in [2.45, 2.75) is 13.5 Å². The maximum atomic E-state index is 11.9. The molecule has 0 aliphatic rings. The van der Waals surface area contributed by atoms with Gasteiger partial charge in [-0.25, -0.2) is 0 Å². The predicted molar refractivity (Wildman–Crippen MR) is 67.5 cm³/mol. The third-order valence-electron chi connectivity index (χ3n) is 2.71. The molecular formula is C13H15N3O2. The molecule has 1 amide bonds. The van der Waals surface area contributed by atoms with E-state index in [0.717, 1.165) is 17.0 Å². The van der Waals surface area contributed by atoms with E-state index in [4.69, 9.17) is 4.74 Å². The number of aromatic nitrogens is 2. The number of aromatic amines is 1. The van der Waals surface area contributed by atoms with E-state index in [1.807, 2.05) is 31.2 Å². The lowest BCUT2D eigenvalue weighted by molar-refractivity contribution is 0.0950. The number of amides is 1. The molecule has 0 bridgehead atoms. The van der Waals surface area contributed by atoms with Gasteiger partial charge in [-0.3, -0.25) is 9.89 Å². The second kappa shape index (κ2) is 5.35. The maximum Gasteiger partial charge on any atom is 0.255 e. The van der Waals surface area contributed by atoms with E-state index in [1.165, 1.54) is 6.20 Å². The van der Waals surface area contributed by atoms with Gasteiger partial charge in [0.05, 0.1) is 18.9 Å². The molecule has 0 saturated heterocycles. The molecular weight excluding hydrogens is 230 g/mol. The number of carbonyl (C=O) groups is 1. The van der Waals surface area contributed by atoms with Crippen molar-refractivity contribution >= 4 is 5.91 Å². The standard InChI is InChI=1S/C13H15N3O2/c1-9-11(8-15-16-9)13(17)14-7-10-5-3-4-6-12(10)18-2/h3-6,8H,7H2,1-2H3,(H,14,17)(H,15,16). The number of nitrogens with one attached hydrogen (secondary N) is 2. The number of H-pyrrole nitrogens is 1. The summed E-state index contributed by atoms with van der Waals surface area (Å²) in [7, 11) is 1.61. The Labute approximate surface area is 105 Å². The number of methoxy groups -OCH3 is 1. The Hall–Kier alpha value is -2.30. The summed E-state index contributed by atoms with van der Waals surface area (Å²) in [5.74, 6) is 0.619. The SMILES string of the molecule is COc1ccccc1CNC(=O)c1cn[nH]c1C. The Bertz CT molecular complexity index is 549. The quantitative estimate of drug-likeness (QED) is 0.860. The average molecular weight is 245 g/mol. The summed E-state index contributed by atoms with van der Waals surface area (Å²) >= 11 is 0. The lowest BCUT2D eigenvalue weighted by Crippen LogP contribution is -2.23. The minimum absolute atomic E-state index is 0.146. The second-order valence-corrected chi connectivity index (χ2v) is 3.90. The molecule has 0 fully saturated rings. The van der Waals surface area contributed by atoms with E-state index in [-0.39, 0.29) is 5.91 Å². The number of para-hydroxylation sites is 1. The van der Waals surface area contributed by atoms with E-state index in [9.17, 15) is 4.79 Å². The van der Waals surface area contributed by atoms with Crippen LogP contribution in [0.25, 0.3) is 0 Å². The van der Waals surface area contributed by atoms with Crippen molar-refractivity contribution in [3.63, 3.8) is 0 Å². The minimum Gasteiger partial charge on any atom is -0.496 e. The molecule has 1 aromatic heterocycles. The molecule has 2 rings (SSSR count). The van der Waals surface area contributed by atoms with E-state index in [0.29, 0.717) is 12.1 Å². The fourth-order valence-corrected chi connectivity index (χ4v) is 1.70. The summed E-state index contributed by atoms with van der Waals surface area (Å²) in [5, 5.41) is 9.39. The average Bonchev–Trinajstić information content (AvgIpc) is 2.82. The Morgan fingerprint density at radius 3 is 2.89 bits per heavy atom. The van der Waals surface area contributed by atoms with Gasteiger partial charge in [-0.2, -0.15) is 5.10 Å². The molecule has 0 saturated carbocycles. The van der Waals surface area contributed by atoms with Crippen LogP contribution in [0.4, 0.5) is 0 Å². The van der Waals surface area contributed by atoms with Gasteiger partial charge in [-0.15, -0.1) is 0 Å². The van der Waals surface area contributed by atoms with E-state index in [1.54, 1.807) is 7.11 Å². The van der Waals surface area contributed by atoms with Gasteiger partial charge >= 0.3 is 0 Å². The fourth-order valence-electron chi connectivity index (χ4n) is 1.70. The predicted octanol–water partition coefficient (Wildman–Crippen LogP) is 1.66. The molecule has 0 unspecified atom stereocenters. The van der Waals surface area contributed by atoms with Crippen LogP contribution in [-0.4, -0.2) is 23.2 Å². The van der Waals surface area contributed by atoms with Gasteiger partial charge in [0, 0.05) is 17.8 Å². The van der Waals surface area contributed by atoms with E-state index < -0.39 is 0 Å². The van der Waals surface area contributed by atoms with E-state index >= 15 is 0 Å². The Kier molecular flexibility index (Phi) is 3.62. The third kappa shape index (κ3) is 2.51. The first-order valence-corrected chi connectivity index (χ1v) is 5.62. The number of rotatable bonds is 4. The van der Waals surface area contributed by atoms with Crippen LogP contribution in [0.3, 0.4) is 0 Å². The maximum absolute atomic E-state index is 11.9. The second-order valence-electron chi connectivity index (χ2n) is 3.90. The van der Waals surface area contributed by atoms with Gasteiger partial charge in [-0.1, -0.05) is 18.2 Å². The summed E-state index contributed by atoms with van der Waals surface area (Å²) < 4.78 is 5.22. The summed E-state index contributed by atoms with van der Waals surface area (Å²) in [4.78, 5) is 11.9. The van der Waals surface area contributed by atoms with Crippen molar-refractivity contribution in [2.24, 2.45) is 0 Å². The highest BCUT2D eigenvalue weighted by Crippen LogP contribution is 2.16. The highest BCUT2D eigenvalue weighted by Gasteiger charge is 2.11. The van der Waals surface area contributed by atoms with Gasteiger partial charge in [-0.05, 0) is 13.0 Å². The molecule has 1 heterocycles. The third-order valence-corrected chi connectivity index (χ3v) is 2.71. The molecule has 5 heteroatoms. The van der Waals surface area contributed by atoms with Gasteiger partial charge < -0.3 is 10.1 Å². The fraction of sp³-hybridized carbons (Fsp3) is 0.231. The van der Waals surface area contributed by atoms with Crippen LogP contribution in [-0.2, 0) is 6.54 Å². The zero-order valence-corrected chi connectivity index (χ0v) is 10.4. The molecule has 0 aliphatic heterocycles. The van der Waals surface area contributed by atoms with Gasteiger partial charge in [0.1, 0.15) is 5.75 Å². The normalized spacial score (nSPS) is 10.1. The van der Waals surface area contributed by atoms with Crippen molar-refractivity contribution < 1.29 is 9.53 Å². The summed E-state index contributed by atoms with van der Waals surface area (Å²) in [5.41, 5.74) is 2.26. The lowest BCUT2D eigenvalue weighted by atomic mass is 10.2. The Morgan fingerprint density at radius 1 is 1.44 bits per heavy atom. The molecule has 0 aliphatic carbocycles. The molecule has 0 atom stereocenters. The smallest absolute Gasteiger partial charge is 0.255 e. The lowest BCUT2D eigenvalue weighted by Gasteiger charge is -2.09. The first-order chi connectivity index (χ1) is 8.72. The zero-order valence-electron chi connectivity index (χ0n) is 10.4. The molecule has 0 radical (unpaired) electrons. The number of carbonyl (C=O) groups excluding carboxylic acids is 1. The van der Waals surface area contributed by atoms with Crippen molar-refractivity contribution in [2.75, 3.05) is 7.11 Å². The number of benzene rings is 1. The van der Waals surface area contributed by atoms with Crippen molar-refractivity contribution in [1.82, 2.24) is 15.5 Å². The summed E-state index contributed by atoms with van der Waals surface area (Å²) in [6, 6.07) is 7.59. The molecule has 2 N–H and O–H groups in total. The van der Waals surface area contributed by atoms with Crippen LogP contribution in [0.5, 0.6) is 5.75 Å². The highest BCUT2D eigenvalue weighted by molar-refractivity contribution is 5.94. The van der Waals surface area contributed by atoms with Crippen LogP contribution in [0.15, 0.2) is 30.5 Å². The van der Waals surface area contributed by atoms with Crippen molar-refractivity contribution in [1.29, 1.82) is 0 Å². The van der Waals surface area contributed by atoms with Crippen molar-refractivity contribution in [3.8, 4) is 5.75 Å². The van der Waals surface area contributed by atoms with Crippen molar-refractivity contribution in [3.05, 3.63) is 47.3 Å². The monoisotopic (exact) mass is 245 g/mol. The van der Waals surface area contributed by atoms with Crippen LogP contribution in [0, 0.1) is 6.92 Å². The summed E-state index contributed by atoms with van der Waals surface area (Å²) in [6.07, 6.45) is 1.52. The van der Waals surface area contributed by atoms with E-state index in [2.05, 4.69) is 15.5 Å². The molecule has 0 spiro atoms. The number of hydrogen-bond donors (Lipinski definition) is 2. The zero-order chi connectivity index (χ0) is 13.0. The minimum atomic E-state index is -0.146. The number of aryl methyl sites for hydroxylation is 1. The first kappa shape index (κ1) is 12.2. The molecule has 94 valence electrons. The van der Waals surface area contributed by atoms with Crippen LogP contribution >= 0.6 is 0 Å². The van der Waals surface area contributed by atoms with Crippen LogP contribution in [0.1, 0.15) is 21.6 Å². The van der Waals surface area contributed by atoms with Gasteiger partial charge in [0.15, 0.2) is 0 Å². The molecule has 5 nitrogen and oxygen atoms in total. The van der Waals surface area contributed by atoms with Gasteiger partial charge in [0.25, 0.3) is 5.91 Å². The number of hydrogen-bond acceptors (Lipinski definition) is 3. The molecule has 2 aromatic rings. The number of ether oxygens (including phenoxy) is 1. The Balaban J connectivity index is 2.04. The molecule has 1 aromatic carbocycles. The number of nitrogens with zero attached hydrogens (tertiary/aromatic N) is 1. The molecule has 18 heavy (non-hydrogen) atoms. The Morgan fingerprint density at radius 2 is 2.22 bits per heavy atom. The van der Waals surface area contributed by atoms with Crippen LogP contribution in [0.2, 0.25) is 0 Å². The van der Waals surface area contributed by atoms with Crippen LogP contribution < -0.4 is 10.1 Å². The summed E-state index contributed by atoms with van der Waals surface area (Å²) in [6.45, 7) is 2.23. The highest BCUT2D eigenvalue weighted by atomic mass is 16.5.